The van der Waals surface area contributed by atoms with E-state index in [1.807, 2.05) is 30.3 Å². The van der Waals surface area contributed by atoms with Gasteiger partial charge in [0, 0.05) is 11.8 Å². The molecule has 2 rings (SSSR count). The van der Waals surface area contributed by atoms with E-state index in [2.05, 4.69) is 5.32 Å². The van der Waals surface area contributed by atoms with Gasteiger partial charge in [0.25, 0.3) is 0 Å². The van der Waals surface area contributed by atoms with E-state index in [-0.39, 0.29) is 10.8 Å². The molecule has 0 aliphatic rings. The molecule has 21 heavy (non-hydrogen) atoms. The van der Waals surface area contributed by atoms with Crippen LogP contribution in [-0.4, -0.2) is 14.3 Å². The Balaban J connectivity index is 2.02. The molecule has 3 N–H and O–H groups in total. The van der Waals surface area contributed by atoms with E-state index in [1.165, 1.54) is 30.3 Å². The average molecular weight is 302 g/mol. The molecular formula is C15H14N2O3S. The molecule has 0 heterocycles. The number of amides is 1. The molecule has 0 unspecified atom stereocenters. The van der Waals surface area contributed by atoms with Crippen molar-refractivity contribution >= 4 is 27.7 Å². The highest BCUT2D eigenvalue weighted by Crippen LogP contribution is 2.12. The Labute approximate surface area is 123 Å². The van der Waals surface area contributed by atoms with Gasteiger partial charge in [0.1, 0.15) is 0 Å². The van der Waals surface area contributed by atoms with Gasteiger partial charge in [-0.2, -0.15) is 0 Å². The summed E-state index contributed by atoms with van der Waals surface area (Å²) in [5.74, 6) is -0.304. The van der Waals surface area contributed by atoms with E-state index < -0.39 is 10.0 Å². The highest BCUT2D eigenvalue weighted by Gasteiger charge is 2.07. The SMILES string of the molecule is NS(=O)(=O)c1ccc(NC(=O)/C=C\c2ccccc2)cc1. The van der Waals surface area contributed by atoms with Crippen LogP contribution in [-0.2, 0) is 14.8 Å². The third-order valence-electron chi connectivity index (χ3n) is 2.68. The molecule has 2 aromatic rings. The van der Waals surface area contributed by atoms with Gasteiger partial charge in [-0.25, -0.2) is 13.6 Å². The number of carbonyl (C=O) groups is 1. The van der Waals surface area contributed by atoms with Gasteiger partial charge in [0.05, 0.1) is 4.90 Å². The minimum atomic E-state index is -3.72. The average Bonchev–Trinajstić information content (AvgIpc) is 2.46. The number of primary sulfonamides is 1. The first-order valence-corrected chi connectivity index (χ1v) is 7.67. The number of nitrogens with one attached hydrogen (secondary N) is 1. The number of sulfonamides is 1. The van der Waals surface area contributed by atoms with E-state index >= 15 is 0 Å². The Hall–Kier alpha value is -2.44. The third kappa shape index (κ3) is 4.55. The van der Waals surface area contributed by atoms with E-state index in [4.69, 9.17) is 5.14 Å². The van der Waals surface area contributed by atoms with E-state index in [0.29, 0.717) is 5.69 Å². The van der Waals surface area contributed by atoms with Gasteiger partial charge in [-0.15, -0.1) is 0 Å². The summed E-state index contributed by atoms with van der Waals surface area (Å²) < 4.78 is 22.2. The van der Waals surface area contributed by atoms with Crippen molar-refractivity contribution in [3.63, 3.8) is 0 Å². The molecule has 1 amide bonds. The van der Waals surface area contributed by atoms with E-state index in [9.17, 15) is 13.2 Å². The van der Waals surface area contributed by atoms with E-state index in [0.717, 1.165) is 5.56 Å². The summed E-state index contributed by atoms with van der Waals surface area (Å²) in [6.07, 6.45) is 3.09. The number of benzene rings is 2. The number of anilines is 1. The smallest absolute Gasteiger partial charge is 0.248 e. The van der Waals surface area contributed by atoms with Crippen LogP contribution in [0.5, 0.6) is 0 Å². The fourth-order valence-corrected chi connectivity index (χ4v) is 2.16. The minimum Gasteiger partial charge on any atom is -0.323 e. The molecule has 0 bridgehead atoms. The number of nitrogens with two attached hydrogens (primary N) is 1. The van der Waals surface area contributed by atoms with Gasteiger partial charge in [0.15, 0.2) is 0 Å². The topological polar surface area (TPSA) is 89.3 Å². The van der Waals surface area contributed by atoms with Gasteiger partial charge in [-0.05, 0) is 35.9 Å². The van der Waals surface area contributed by atoms with Crippen LogP contribution in [0.4, 0.5) is 5.69 Å². The maximum Gasteiger partial charge on any atom is 0.248 e. The Morgan fingerprint density at radius 3 is 2.19 bits per heavy atom. The van der Waals surface area contributed by atoms with Gasteiger partial charge in [0.2, 0.25) is 15.9 Å². The molecule has 6 heteroatoms. The maximum atomic E-state index is 11.7. The van der Waals surface area contributed by atoms with Crippen molar-refractivity contribution in [2.45, 2.75) is 4.90 Å². The van der Waals surface area contributed by atoms with Gasteiger partial charge >= 0.3 is 0 Å². The second-order valence-corrected chi connectivity index (χ2v) is 5.86. The molecule has 0 aliphatic heterocycles. The molecule has 0 saturated carbocycles. The molecular weight excluding hydrogens is 288 g/mol. The standard InChI is InChI=1S/C15H14N2O3S/c16-21(19,20)14-9-7-13(8-10-14)17-15(18)11-6-12-4-2-1-3-5-12/h1-11H,(H,17,18)(H2,16,19,20)/b11-6-. The zero-order chi connectivity index (χ0) is 15.3. The highest BCUT2D eigenvalue weighted by molar-refractivity contribution is 7.89. The molecule has 0 aromatic heterocycles. The molecule has 0 atom stereocenters. The number of hydrogen-bond acceptors (Lipinski definition) is 3. The summed E-state index contributed by atoms with van der Waals surface area (Å²) in [6, 6.07) is 15.0. The van der Waals surface area contributed by atoms with E-state index in [1.54, 1.807) is 6.08 Å². The molecule has 0 spiro atoms. The lowest BCUT2D eigenvalue weighted by atomic mass is 10.2. The van der Waals surface area contributed by atoms with Crippen LogP contribution < -0.4 is 10.5 Å². The van der Waals surface area contributed by atoms with Gasteiger partial charge in [-0.1, -0.05) is 30.3 Å². The first-order chi connectivity index (χ1) is 9.95. The quantitative estimate of drug-likeness (QED) is 0.846. The summed E-state index contributed by atoms with van der Waals surface area (Å²) in [7, 11) is -3.72. The van der Waals surface area contributed by atoms with Crippen LogP contribution in [0, 0.1) is 0 Å². The summed E-state index contributed by atoms with van der Waals surface area (Å²) in [6.45, 7) is 0. The first kappa shape index (κ1) is 15.0. The molecule has 2 aromatic carbocycles. The molecule has 0 fully saturated rings. The fourth-order valence-electron chi connectivity index (χ4n) is 1.65. The van der Waals surface area contributed by atoms with Crippen LogP contribution in [0.3, 0.4) is 0 Å². The second-order valence-electron chi connectivity index (χ2n) is 4.30. The van der Waals surface area contributed by atoms with Crippen molar-refractivity contribution in [2.75, 3.05) is 5.32 Å². The number of carbonyl (C=O) groups excluding carboxylic acids is 1. The lowest BCUT2D eigenvalue weighted by Gasteiger charge is -2.03. The summed E-state index contributed by atoms with van der Waals surface area (Å²) in [4.78, 5) is 11.7. The first-order valence-electron chi connectivity index (χ1n) is 6.12. The predicted molar refractivity (Wildman–Crippen MR) is 81.9 cm³/mol. The van der Waals surface area contributed by atoms with Crippen LogP contribution in [0.15, 0.2) is 65.6 Å². The lowest BCUT2D eigenvalue weighted by Crippen LogP contribution is -2.12. The Morgan fingerprint density at radius 1 is 1.00 bits per heavy atom. The summed E-state index contributed by atoms with van der Waals surface area (Å²) in [5.41, 5.74) is 1.40. The molecule has 0 radical (unpaired) electrons. The van der Waals surface area contributed by atoms with Crippen LogP contribution in [0.25, 0.3) is 6.08 Å². The molecule has 0 saturated heterocycles. The zero-order valence-corrected chi connectivity index (χ0v) is 11.9. The van der Waals surface area contributed by atoms with Crippen molar-refractivity contribution < 1.29 is 13.2 Å². The summed E-state index contributed by atoms with van der Waals surface area (Å²) in [5, 5.41) is 7.62. The monoisotopic (exact) mass is 302 g/mol. The van der Waals surface area contributed by atoms with Crippen LogP contribution in [0.2, 0.25) is 0 Å². The highest BCUT2D eigenvalue weighted by atomic mass is 32.2. The van der Waals surface area contributed by atoms with Crippen molar-refractivity contribution in [3.05, 3.63) is 66.2 Å². The van der Waals surface area contributed by atoms with Crippen LogP contribution in [0.1, 0.15) is 5.56 Å². The Morgan fingerprint density at radius 2 is 1.62 bits per heavy atom. The molecule has 0 aliphatic carbocycles. The zero-order valence-electron chi connectivity index (χ0n) is 11.1. The molecule has 5 nitrogen and oxygen atoms in total. The maximum absolute atomic E-state index is 11.7. The molecule has 108 valence electrons. The van der Waals surface area contributed by atoms with Crippen LogP contribution >= 0.6 is 0 Å². The van der Waals surface area contributed by atoms with Gasteiger partial charge < -0.3 is 5.32 Å². The summed E-state index contributed by atoms with van der Waals surface area (Å²) >= 11 is 0. The Bertz CT molecular complexity index is 751. The number of hydrogen-bond donors (Lipinski definition) is 2. The lowest BCUT2D eigenvalue weighted by molar-refractivity contribution is -0.111. The van der Waals surface area contributed by atoms with Crippen molar-refractivity contribution in [1.29, 1.82) is 0 Å². The fraction of sp³-hybridized carbons (Fsp3) is 0. The van der Waals surface area contributed by atoms with Crippen molar-refractivity contribution in [3.8, 4) is 0 Å². The third-order valence-corrected chi connectivity index (χ3v) is 3.61. The Kier molecular flexibility index (Phi) is 4.52. The predicted octanol–water partition coefficient (Wildman–Crippen LogP) is 1.99. The van der Waals surface area contributed by atoms with Crippen molar-refractivity contribution in [2.24, 2.45) is 5.14 Å². The van der Waals surface area contributed by atoms with Crippen molar-refractivity contribution in [1.82, 2.24) is 0 Å². The van der Waals surface area contributed by atoms with Gasteiger partial charge in [-0.3, -0.25) is 4.79 Å². The number of rotatable bonds is 4. The normalized spacial score (nSPS) is 11.5. The largest absolute Gasteiger partial charge is 0.323 e. The second kappa shape index (κ2) is 6.34. The minimum absolute atomic E-state index is 0.000302.